The zero-order chi connectivity index (χ0) is 21.8. The lowest BCUT2D eigenvalue weighted by Gasteiger charge is -2.14. The van der Waals surface area contributed by atoms with Crippen LogP contribution in [0.15, 0.2) is 82.7 Å². The minimum absolute atomic E-state index is 0.0251. The minimum Gasteiger partial charge on any atom is -0.325 e. The van der Waals surface area contributed by atoms with E-state index in [0.29, 0.717) is 10.9 Å². The van der Waals surface area contributed by atoms with Crippen molar-refractivity contribution in [2.24, 2.45) is 0 Å². The third kappa shape index (κ3) is 4.36. The molecule has 1 heterocycles. The average Bonchev–Trinajstić information content (AvgIpc) is 2.79. The second kappa shape index (κ2) is 9.14. The number of rotatable bonds is 6. The van der Waals surface area contributed by atoms with Gasteiger partial charge in [-0.15, -0.1) is 0 Å². The third-order valence-electron chi connectivity index (χ3n) is 4.84. The van der Waals surface area contributed by atoms with E-state index < -0.39 is 5.82 Å². The van der Waals surface area contributed by atoms with Crippen LogP contribution in [0.3, 0.4) is 0 Å². The molecule has 1 aromatic heterocycles. The third-order valence-corrected chi connectivity index (χ3v) is 5.78. The first-order valence-electron chi connectivity index (χ1n) is 9.85. The van der Waals surface area contributed by atoms with Crippen LogP contribution in [0.4, 0.5) is 10.1 Å². The summed E-state index contributed by atoms with van der Waals surface area (Å²) in [5, 5.41) is 3.55. The van der Waals surface area contributed by atoms with Gasteiger partial charge in [-0.2, -0.15) is 0 Å². The lowest BCUT2D eigenvalue weighted by molar-refractivity contribution is -0.113. The summed E-state index contributed by atoms with van der Waals surface area (Å²) in [6.45, 7) is 2.02. The molecule has 0 bridgehead atoms. The molecule has 4 aromatic rings. The van der Waals surface area contributed by atoms with Crippen LogP contribution in [-0.4, -0.2) is 21.2 Å². The van der Waals surface area contributed by atoms with E-state index in [1.54, 1.807) is 36.4 Å². The van der Waals surface area contributed by atoms with Gasteiger partial charge in [-0.25, -0.2) is 9.37 Å². The van der Waals surface area contributed by atoms with Gasteiger partial charge in [-0.05, 0) is 42.3 Å². The van der Waals surface area contributed by atoms with Gasteiger partial charge in [-0.3, -0.25) is 14.2 Å². The van der Waals surface area contributed by atoms with Crippen molar-refractivity contribution in [2.45, 2.75) is 18.5 Å². The van der Waals surface area contributed by atoms with Crippen LogP contribution in [-0.2, 0) is 11.2 Å². The Morgan fingerprint density at radius 1 is 1.03 bits per heavy atom. The zero-order valence-electron chi connectivity index (χ0n) is 16.8. The maximum Gasteiger partial charge on any atom is 0.266 e. The number of aromatic nitrogens is 2. The molecule has 0 spiro atoms. The highest BCUT2D eigenvalue weighted by atomic mass is 32.2. The predicted molar refractivity (Wildman–Crippen MR) is 122 cm³/mol. The highest BCUT2D eigenvalue weighted by Gasteiger charge is 2.17. The fourth-order valence-corrected chi connectivity index (χ4v) is 4.13. The number of anilines is 1. The van der Waals surface area contributed by atoms with E-state index in [2.05, 4.69) is 10.3 Å². The van der Waals surface area contributed by atoms with Crippen molar-refractivity contribution >= 4 is 34.3 Å². The maximum atomic E-state index is 14.5. The van der Waals surface area contributed by atoms with E-state index in [4.69, 9.17) is 0 Å². The van der Waals surface area contributed by atoms with Gasteiger partial charge in [0.05, 0.1) is 22.3 Å². The molecule has 0 aliphatic heterocycles. The lowest BCUT2D eigenvalue weighted by Crippen LogP contribution is -2.23. The number of aryl methyl sites for hydroxylation is 1. The number of para-hydroxylation sites is 3. The summed E-state index contributed by atoms with van der Waals surface area (Å²) in [5.41, 5.74) is 2.01. The molecule has 4 rings (SSSR count). The summed E-state index contributed by atoms with van der Waals surface area (Å²) in [4.78, 5) is 30.3. The van der Waals surface area contributed by atoms with Crippen LogP contribution in [0.25, 0.3) is 16.6 Å². The molecule has 5 nitrogen and oxygen atoms in total. The molecule has 31 heavy (non-hydrogen) atoms. The van der Waals surface area contributed by atoms with Gasteiger partial charge in [0.15, 0.2) is 5.16 Å². The van der Waals surface area contributed by atoms with Crippen molar-refractivity contribution in [3.8, 4) is 5.69 Å². The molecule has 0 unspecified atom stereocenters. The topological polar surface area (TPSA) is 64.0 Å². The minimum atomic E-state index is -0.537. The number of amides is 1. The Bertz CT molecular complexity index is 1320. The summed E-state index contributed by atoms with van der Waals surface area (Å²) in [6.07, 6.45) is 0.794. The summed E-state index contributed by atoms with van der Waals surface area (Å²) in [7, 11) is 0. The monoisotopic (exact) mass is 433 g/mol. The molecule has 3 aromatic carbocycles. The van der Waals surface area contributed by atoms with E-state index in [0.717, 1.165) is 29.4 Å². The molecule has 0 atom stereocenters. The Balaban J connectivity index is 1.68. The fraction of sp³-hybridized carbons (Fsp3) is 0.125. The molecular weight excluding hydrogens is 413 g/mol. The largest absolute Gasteiger partial charge is 0.325 e. The Morgan fingerprint density at radius 3 is 2.55 bits per heavy atom. The molecule has 0 aliphatic carbocycles. The highest BCUT2D eigenvalue weighted by Crippen LogP contribution is 2.23. The molecule has 1 N–H and O–H groups in total. The van der Waals surface area contributed by atoms with Crippen molar-refractivity contribution in [3.05, 3.63) is 94.5 Å². The molecule has 0 saturated carbocycles. The second-order valence-electron chi connectivity index (χ2n) is 6.85. The van der Waals surface area contributed by atoms with Gasteiger partial charge in [0.1, 0.15) is 5.82 Å². The number of carbonyl (C=O) groups is 1. The number of halogens is 1. The Hall–Kier alpha value is -3.45. The number of thioether (sulfide) groups is 1. The first-order valence-corrected chi connectivity index (χ1v) is 10.8. The number of benzene rings is 3. The summed E-state index contributed by atoms with van der Waals surface area (Å²) in [6, 6.07) is 20.5. The number of carbonyl (C=O) groups excluding carboxylic acids is 1. The SMILES string of the molecule is CCc1ccccc1NC(=O)CSc1nc2ccccc2c(=O)n1-c1ccccc1F. The smallest absolute Gasteiger partial charge is 0.266 e. The van der Waals surface area contributed by atoms with Gasteiger partial charge < -0.3 is 5.32 Å². The summed E-state index contributed by atoms with van der Waals surface area (Å²) < 4.78 is 15.8. The Labute approximate surface area is 182 Å². The van der Waals surface area contributed by atoms with E-state index in [9.17, 15) is 14.0 Å². The van der Waals surface area contributed by atoms with E-state index >= 15 is 0 Å². The first-order chi connectivity index (χ1) is 15.1. The van der Waals surface area contributed by atoms with Crippen molar-refractivity contribution in [1.29, 1.82) is 0 Å². The van der Waals surface area contributed by atoms with Crippen LogP contribution in [0.1, 0.15) is 12.5 Å². The van der Waals surface area contributed by atoms with Crippen LogP contribution < -0.4 is 10.9 Å². The van der Waals surface area contributed by atoms with Gasteiger partial charge in [0.25, 0.3) is 5.56 Å². The van der Waals surface area contributed by atoms with E-state index in [1.165, 1.54) is 16.7 Å². The van der Waals surface area contributed by atoms with Crippen molar-refractivity contribution in [2.75, 3.05) is 11.1 Å². The van der Waals surface area contributed by atoms with Crippen molar-refractivity contribution in [1.82, 2.24) is 9.55 Å². The molecule has 0 fully saturated rings. The molecule has 1 amide bonds. The first kappa shape index (κ1) is 20.8. The predicted octanol–water partition coefficient (Wildman–Crippen LogP) is 4.82. The maximum absolute atomic E-state index is 14.5. The fourth-order valence-electron chi connectivity index (χ4n) is 3.32. The standard InChI is InChI=1S/C24H20FN3O2S/c1-2-16-9-3-6-12-19(16)26-22(29)15-31-24-27-20-13-7-4-10-17(20)23(30)28(24)21-14-8-5-11-18(21)25/h3-14H,2,15H2,1H3,(H,26,29). The normalized spacial score (nSPS) is 10.9. The van der Waals surface area contributed by atoms with Crippen LogP contribution in [0, 0.1) is 5.82 Å². The van der Waals surface area contributed by atoms with Gasteiger partial charge in [-0.1, -0.05) is 61.2 Å². The van der Waals surface area contributed by atoms with E-state index in [-0.39, 0.29) is 28.1 Å². The molecule has 0 aliphatic rings. The van der Waals surface area contributed by atoms with Crippen LogP contribution in [0.2, 0.25) is 0 Å². The van der Waals surface area contributed by atoms with Crippen LogP contribution in [0.5, 0.6) is 0 Å². The van der Waals surface area contributed by atoms with Crippen LogP contribution >= 0.6 is 11.8 Å². The van der Waals surface area contributed by atoms with Crippen molar-refractivity contribution in [3.63, 3.8) is 0 Å². The van der Waals surface area contributed by atoms with Crippen molar-refractivity contribution < 1.29 is 9.18 Å². The molecular formula is C24H20FN3O2S. The highest BCUT2D eigenvalue weighted by molar-refractivity contribution is 7.99. The average molecular weight is 434 g/mol. The lowest BCUT2D eigenvalue weighted by atomic mass is 10.1. The molecule has 0 radical (unpaired) electrons. The molecule has 7 heteroatoms. The quantitative estimate of drug-likeness (QED) is 0.350. The Kier molecular flexibility index (Phi) is 6.13. The number of nitrogens with one attached hydrogen (secondary N) is 1. The Morgan fingerprint density at radius 2 is 1.74 bits per heavy atom. The summed E-state index contributed by atoms with van der Waals surface area (Å²) >= 11 is 1.09. The molecule has 0 saturated heterocycles. The molecule has 156 valence electrons. The summed E-state index contributed by atoms with van der Waals surface area (Å²) in [5.74, 6) is -0.740. The van der Waals surface area contributed by atoms with Gasteiger partial charge >= 0.3 is 0 Å². The zero-order valence-corrected chi connectivity index (χ0v) is 17.7. The second-order valence-corrected chi connectivity index (χ2v) is 7.79. The van der Waals surface area contributed by atoms with Gasteiger partial charge in [0.2, 0.25) is 5.91 Å². The van der Waals surface area contributed by atoms with Gasteiger partial charge in [0, 0.05) is 5.69 Å². The number of fused-ring (bicyclic) bond motifs is 1. The van der Waals surface area contributed by atoms with E-state index in [1.807, 2.05) is 31.2 Å². The number of hydrogen-bond donors (Lipinski definition) is 1. The number of nitrogens with zero attached hydrogens (tertiary/aromatic N) is 2. The number of hydrogen-bond acceptors (Lipinski definition) is 4.